The molecule has 1 N–H and O–H groups in total. The molecule has 0 spiro atoms. The Hall–Kier alpha value is -4.67. The van der Waals surface area contributed by atoms with E-state index < -0.39 is 17.7 Å². The molecule has 8 nitrogen and oxygen atoms in total. The van der Waals surface area contributed by atoms with Crippen LogP contribution < -0.4 is 9.64 Å². The highest BCUT2D eigenvalue weighted by Crippen LogP contribution is 2.44. The average Bonchev–Trinajstić information content (AvgIpc) is 3.77. The van der Waals surface area contributed by atoms with Gasteiger partial charge in [-0.3, -0.25) is 14.5 Å². The van der Waals surface area contributed by atoms with Crippen LogP contribution in [-0.2, 0) is 21.9 Å². The molecule has 6 rings (SSSR count). The molecule has 1 atom stereocenters. The number of Topliss-reactive ketones (excluding diaryl/α,β-unsaturated/α-hetero) is 1. The number of thioether (sulfide) groups is 1. The van der Waals surface area contributed by atoms with Crippen molar-refractivity contribution in [3.63, 3.8) is 0 Å². The maximum atomic E-state index is 13.4. The first kappa shape index (κ1) is 28.4. The van der Waals surface area contributed by atoms with Crippen LogP contribution in [0, 0.1) is 13.8 Å². The highest BCUT2D eigenvalue weighted by atomic mass is 32.2. The Balaban J connectivity index is 1.25. The fourth-order valence-corrected chi connectivity index (χ4v) is 6.59. The van der Waals surface area contributed by atoms with Gasteiger partial charge in [0.05, 0.1) is 11.8 Å². The van der Waals surface area contributed by atoms with E-state index in [4.69, 9.17) is 9.15 Å². The number of rotatable bonds is 9. The SMILES string of the molecule is Cc1ccc(CSc2nnc(N3C(=O)C(=O)/C(=C(/O)c4ccc(OCc5cccc(C)c5)cc4)C3c3ccco3)s2)cc1. The smallest absolute Gasteiger partial charge is 0.302 e. The van der Waals surface area contributed by atoms with Gasteiger partial charge < -0.3 is 14.3 Å². The standard InChI is InChI=1S/C33H27N3O5S2/c1-20-8-10-22(11-9-20)19-42-33-35-34-32(43-33)36-28(26-7-4-16-40-26)27(30(38)31(36)39)29(37)24-12-14-25(15-13-24)41-18-23-6-3-5-21(2)17-23/h3-17,28,37H,18-19H2,1-2H3/b29-27+. The zero-order valence-corrected chi connectivity index (χ0v) is 25.0. The Labute approximate surface area is 256 Å². The summed E-state index contributed by atoms with van der Waals surface area (Å²) in [5, 5.41) is 20.1. The second kappa shape index (κ2) is 12.3. The summed E-state index contributed by atoms with van der Waals surface area (Å²) in [6.45, 7) is 4.45. The zero-order chi connectivity index (χ0) is 29.9. The van der Waals surface area contributed by atoms with Crippen LogP contribution in [0.2, 0.25) is 0 Å². The van der Waals surface area contributed by atoms with Crippen molar-refractivity contribution in [2.45, 2.75) is 36.6 Å². The van der Waals surface area contributed by atoms with Crippen LogP contribution in [0.15, 0.2) is 106 Å². The topological polar surface area (TPSA) is 106 Å². The number of aromatic nitrogens is 2. The van der Waals surface area contributed by atoms with E-state index in [1.165, 1.54) is 39.8 Å². The number of benzene rings is 3. The Morgan fingerprint density at radius 2 is 1.74 bits per heavy atom. The van der Waals surface area contributed by atoms with Crippen LogP contribution in [-0.4, -0.2) is 27.0 Å². The lowest BCUT2D eigenvalue weighted by Crippen LogP contribution is -2.29. The number of anilines is 1. The van der Waals surface area contributed by atoms with Crippen LogP contribution in [0.4, 0.5) is 5.13 Å². The summed E-state index contributed by atoms with van der Waals surface area (Å²) in [5.41, 5.74) is 4.78. The molecule has 0 saturated carbocycles. The Bertz CT molecular complexity index is 1800. The molecule has 5 aromatic rings. The van der Waals surface area contributed by atoms with Crippen molar-refractivity contribution in [2.24, 2.45) is 0 Å². The molecule has 216 valence electrons. The summed E-state index contributed by atoms with van der Waals surface area (Å²) in [6, 6.07) is 25.3. The van der Waals surface area contributed by atoms with Gasteiger partial charge in [0.25, 0.3) is 5.78 Å². The summed E-state index contributed by atoms with van der Waals surface area (Å²) in [5.74, 6) is -0.352. The summed E-state index contributed by atoms with van der Waals surface area (Å²) < 4.78 is 12.2. The second-order valence-electron chi connectivity index (χ2n) is 10.1. The predicted octanol–water partition coefficient (Wildman–Crippen LogP) is 7.25. The average molecular weight is 610 g/mol. The third-order valence-electron chi connectivity index (χ3n) is 6.96. The number of ether oxygens (including phenoxy) is 1. The molecule has 1 aliphatic rings. The molecular weight excluding hydrogens is 583 g/mol. The van der Waals surface area contributed by atoms with Crippen molar-refractivity contribution >= 4 is 45.7 Å². The van der Waals surface area contributed by atoms with Crippen molar-refractivity contribution in [2.75, 3.05) is 4.90 Å². The van der Waals surface area contributed by atoms with Gasteiger partial charge in [-0.1, -0.05) is 82.8 Å². The molecule has 1 saturated heterocycles. The lowest BCUT2D eigenvalue weighted by Gasteiger charge is -2.20. The van der Waals surface area contributed by atoms with Crippen molar-refractivity contribution in [1.29, 1.82) is 0 Å². The minimum Gasteiger partial charge on any atom is -0.507 e. The number of aliphatic hydroxyl groups is 1. The third-order valence-corrected chi connectivity index (χ3v) is 9.08. The molecule has 1 unspecified atom stereocenters. The lowest BCUT2D eigenvalue weighted by atomic mass is 9.99. The van der Waals surface area contributed by atoms with E-state index in [2.05, 4.69) is 40.5 Å². The normalized spacial score (nSPS) is 16.1. The van der Waals surface area contributed by atoms with Crippen molar-refractivity contribution in [3.8, 4) is 5.75 Å². The number of hydrogen-bond donors (Lipinski definition) is 1. The Morgan fingerprint density at radius 3 is 2.47 bits per heavy atom. The van der Waals surface area contributed by atoms with Gasteiger partial charge >= 0.3 is 5.91 Å². The summed E-state index contributed by atoms with van der Waals surface area (Å²) >= 11 is 2.70. The molecule has 2 aromatic heterocycles. The van der Waals surface area contributed by atoms with Crippen LogP contribution in [0.1, 0.15) is 39.6 Å². The fraction of sp³-hybridized carbons (Fsp3) is 0.152. The van der Waals surface area contributed by atoms with Crippen LogP contribution in [0.25, 0.3) is 5.76 Å². The van der Waals surface area contributed by atoms with Gasteiger partial charge in [0.2, 0.25) is 5.13 Å². The lowest BCUT2D eigenvalue weighted by molar-refractivity contribution is -0.132. The number of aliphatic hydroxyl groups excluding tert-OH is 1. The molecule has 1 aliphatic heterocycles. The van der Waals surface area contributed by atoms with Crippen molar-refractivity contribution in [1.82, 2.24) is 10.2 Å². The molecule has 0 bridgehead atoms. The molecule has 1 fully saturated rings. The van der Waals surface area contributed by atoms with E-state index in [-0.39, 0.29) is 16.5 Å². The van der Waals surface area contributed by atoms with Gasteiger partial charge in [-0.25, -0.2) is 0 Å². The first-order valence-corrected chi connectivity index (χ1v) is 15.3. The fourth-order valence-electron chi connectivity index (χ4n) is 4.77. The van der Waals surface area contributed by atoms with E-state index in [1.54, 1.807) is 36.4 Å². The highest BCUT2D eigenvalue weighted by Gasteiger charge is 2.49. The molecule has 10 heteroatoms. The van der Waals surface area contributed by atoms with Gasteiger partial charge in [-0.15, -0.1) is 10.2 Å². The summed E-state index contributed by atoms with van der Waals surface area (Å²) in [6.07, 6.45) is 1.46. The van der Waals surface area contributed by atoms with Crippen LogP contribution >= 0.6 is 23.1 Å². The van der Waals surface area contributed by atoms with Crippen molar-refractivity contribution < 1.29 is 23.8 Å². The minimum atomic E-state index is -1.00. The number of furan rings is 1. The van der Waals surface area contributed by atoms with E-state index in [0.717, 1.165) is 16.7 Å². The summed E-state index contributed by atoms with van der Waals surface area (Å²) in [4.78, 5) is 28.0. The molecule has 43 heavy (non-hydrogen) atoms. The van der Waals surface area contributed by atoms with Gasteiger partial charge in [0.15, 0.2) is 4.34 Å². The molecule has 1 amide bonds. The maximum Gasteiger partial charge on any atom is 0.302 e. The van der Waals surface area contributed by atoms with Gasteiger partial charge in [0.1, 0.15) is 29.9 Å². The molecule has 3 aromatic carbocycles. The van der Waals surface area contributed by atoms with Gasteiger partial charge in [-0.05, 0) is 61.4 Å². The van der Waals surface area contributed by atoms with Gasteiger partial charge in [0, 0.05) is 11.3 Å². The first-order valence-electron chi connectivity index (χ1n) is 13.5. The van der Waals surface area contributed by atoms with E-state index in [1.807, 2.05) is 32.0 Å². The van der Waals surface area contributed by atoms with E-state index in [9.17, 15) is 14.7 Å². The Morgan fingerprint density at radius 1 is 0.953 bits per heavy atom. The van der Waals surface area contributed by atoms with Crippen molar-refractivity contribution in [3.05, 3.63) is 130 Å². The highest BCUT2D eigenvalue weighted by molar-refractivity contribution is 8.00. The number of aryl methyl sites for hydroxylation is 2. The number of amides is 1. The number of carbonyl (C=O) groups is 2. The number of carbonyl (C=O) groups excluding carboxylic acids is 2. The van der Waals surface area contributed by atoms with E-state index in [0.29, 0.717) is 33.8 Å². The number of hydrogen-bond acceptors (Lipinski definition) is 9. The minimum absolute atomic E-state index is 0.0857. The van der Waals surface area contributed by atoms with Gasteiger partial charge in [-0.2, -0.15) is 0 Å². The second-order valence-corrected chi connectivity index (χ2v) is 12.3. The molecular formula is C33H27N3O5S2. The number of ketones is 1. The zero-order valence-electron chi connectivity index (χ0n) is 23.4. The number of nitrogens with zero attached hydrogens (tertiary/aromatic N) is 3. The Kier molecular flexibility index (Phi) is 8.13. The molecule has 3 heterocycles. The predicted molar refractivity (Wildman–Crippen MR) is 166 cm³/mol. The van der Waals surface area contributed by atoms with Crippen LogP contribution in [0.5, 0.6) is 5.75 Å². The molecule has 0 aliphatic carbocycles. The largest absolute Gasteiger partial charge is 0.507 e. The quantitative estimate of drug-likeness (QED) is 0.0613. The summed E-state index contributed by atoms with van der Waals surface area (Å²) in [7, 11) is 0. The monoisotopic (exact) mass is 609 g/mol. The third kappa shape index (κ3) is 6.11. The molecule has 0 radical (unpaired) electrons. The van der Waals surface area contributed by atoms with Crippen LogP contribution in [0.3, 0.4) is 0 Å². The van der Waals surface area contributed by atoms with E-state index >= 15 is 0 Å². The first-order chi connectivity index (χ1) is 20.9. The maximum absolute atomic E-state index is 13.4.